The maximum absolute atomic E-state index is 4.75. The molecule has 0 unspecified atom stereocenters. The fourth-order valence-corrected chi connectivity index (χ4v) is 3.52. The van der Waals surface area contributed by atoms with Gasteiger partial charge in [0, 0.05) is 6.07 Å². The Hall–Kier alpha value is -2.16. The molecule has 0 atom stereocenters. The molecule has 0 fully saturated rings. The minimum absolute atomic E-state index is 0.0407. The lowest BCUT2D eigenvalue weighted by Gasteiger charge is -2.32. The molecule has 0 saturated heterocycles. The Balaban J connectivity index is 2.11. The van der Waals surface area contributed by atoms with Gasteiger partial charge in [-0.05, 0) is 34.9 Å². The smallest absolute Gasteiger partial charge is 0.117 e. The minimum Gasteiger partial charge on any atom is -0.150 e. The second kappa shape index (κ2) is 5.48. The summed E-state index contributed by atoms with van der Waals surface area (Å²) in [6.45, 7) is 11.4. The van der Waals surface area contributed by atoms with E-state index in [1.807, 2.05) is 30.3 Å². The molecular formula is C20H24N3. The number of hydrogen-bond acceptors (Lipinski definition) is 2. The Labute approximate surface area is 138 Å². The van der Waals surface area contributed by atoms with Gasteiger partial charge in [-0.1, -0.05) is 65.0 Å². The molecule has 3 heteroatoms. The van der Waals surface area contributed by atoms with E-state index in [0.717, 1.165) is 23.1 Å². The zero-order chi connectivity index (χ0) is 16.7. The van der Waals surface area contributed by atoms with Crippen LogP contribution in [0.4, 0.5) is 0 Å². The maximum atomic E-state index is 4.75. The molecule has 1 radical (unpaired) electrons. The Bertz CT molecular complexity index is 808. The van der Waals surface area contributed by atoms with Crippen molar-refractivity contribution in [3.05, 3.63) is 54.1 Å². The highest BCUT2D eigenvalue weighted by molar-refractivity contribution is 5.79. The third-order valence-electron chi connectivity index (χ3n) is 4.02. The highest BCUT2D eigenvalue weighted by Crippen LogP contribution is 2.38. The van der Waals surface area contributed by atoms with E-state index >= 15 is 0 Å². The quantitative estimate of drug-likeness (QED) is 0.686. The Morgan fingerprint density at radius 2 is 1.74 bits per heavy atom. The second-order valence-corrected chi connectivity index (χ2v) is 8.03. The molecule has 0 spiro atoms. The largest absolute Gasteiger partial charge is 0.150 e. The fourth-order valence-electron chi connectivity index (χ4n) is 3.52. The molecule has 0 saturated carbocycles. The number of rotatable bonds is 3. The van der Waals surface area contributed by atoms with E-state index in [9.17, 15) is 0 Å². The molecule has 0 N–H and O–H groups in total. The van der Waals surface area contributed by atoms with Crippen molar-refractivity contribution in [1.29, 1.82) is 0 Å². The maximum Gasteiger partial charge on any atom is 0.117 e. The van der Waals surface area contributed by atoms with E-state index in [2.05, 4.69) is 57.9 Å². The SMILES string of the molecule is CC(C)(C)CC(C)(C)c1cccc2nn(-c3[c]cccc3)nc12. The van der Waals surface area contributed by atoms with Crippen LogP contribution in [0.15, 0.2) is 42.5 Å². The van der Waals surface area contributed by atoms with Crippen molar-refractivity contribution in [3.8, 4) is 5.69 Å². The van der Waals surface area contributed by atoms with Crippen LogP contribution in [0.25, 0.3) is 16.7 Å². The van der Waals surface area contributed by atoms with E-state index in [-0.39, 0.29) is 10.8 Å². The summed E-state index contributed by atoms with van der Waals surface area (Å²) >= 11 is 0. The average molecular weight is 306 g/mol. The number of para-hydroxylation sites is 1. The van der Waals surface area contributed by atoms with Gasteiger partial charge in [-0.3, -0.25) is 0 Å². The molecule has 3 nitrogen and oxygen atoms in total. The van der Waals surface area contributed by atoms with Crippen LogP contribution < -0.4 is 0 Å². The lowest BCUT2D eigenvalue weighted by atomic mass is 9.72. The van der Waals surface area contributed by atoms with Crippen molar-refractivity contribution in [3.63, 3.8) is 0 Å². The second-order valence-electron chi connectivity index (χ2n) is 8.03. The number of benzene rings is 2. The summed E-state index contributed by atoms with van der Waals surface area (Å²) in [7, 11) is 0. The summed E-state index contributed by atoms with van der Waals surface area (Å²) in [5.74, 6) is 0. The van der Waals surface area contributed by atoms with Gasteiger partial charge in [0.25, 0.3) is 0 Å². The first kappa shape index (κ1) is 15.7. The molecule has 23 heavy (non-hydrogen) atoms. The first-order valence-corrected chi connectivity index (χ1v) is 8.10. The Morgan fingerprint density at radius 1 is 0.957 bits per heavy atom. The summed E-state index contributed by atoms with van der Waals surface area (Å²) in [4.78, 5) is 1.68. The molecule has 1 heterocycles. The average Bonchev–Trinajstić information content (AvgIpc) is 2.89. The van der Waals surface area contributed by atoms with E-state index in [1.165, 1.54) is 5.56 Å². The van der Waals surface area contributed by atoms with Gasteiger partial charge in [0.1, 0.15) is 11.0 Å². The van der Waals surface area contributed by atoms with Gasteiger partial charge in [0.2, 0.25) is 0 Å². The number of nitrogens with zero attached hydrogens (tertiary/aromatic N) is 3. The number of hydrogen-bond donors (Lipinski definition) is 0. The predicted molar refractivity (Wildman–Crippen MR) is 94.8 cm³/mol. The van der Waals surface area contributed by atoms with Crippen molar-refractivity contribution in [2.75, 3.05) is 0 Å². The summed E-state index contributed by atoms with van der Waals surface area (Å²) in [6, 6.07) is 17.2. The molecule has 0 aliphatic rings. The minimum atomic E-state index is 0.0407. The molecule has 0 bridgehead atoms. The van der Waals surface area contributed by atoms with Gasteiger partial charge in [-0.2, -0.15) is 0 Å². The normalized spacial score (nSPS) is 12.7. The number of fused-ring (bicyclic) bond motifs is 1. The van der Waals surface area contributed by atoms with Gasteiger partial charge < -0.3 is 0 Å². The molecule has 0 aliphatic heterocycles. The lowest BCUT2D eigenvalue weighted by Crippen LogP contribution is -2.25. The van der Waals surface area contributed by atoms with Crippen LogP contribution in [0, 0.1) is 11.5 Å². The summed E-state index contributed by atoms with van der Waals surface area (Å²) in [5, 5.41) is 9.38. The van der Waals surface area contributed by atoms with Crippen molar-refractivity contribution < 1.29 is 0 Å². The molecule has 3 aromatic rings. The van der Waals surface area contributed by atoms with Crippen molar-refractivity contribution in [2.24, 2.45) is 5.41 Å². The van der Waals surface area contributed by atoms with Crippen LogP contribution in [0.5, 0.6) is 0 Å². The molecule has 119 valence electrons. The Kier molecular flexibility index (Phi) is 3.75. The van der Waals surface area contributed by atoms with Gasteiger partial charge >= 0.3 is 0 Å². The van der Waals surface area contributed by atoms with Gasteiger partial charge in [-0.15, -0.1) is 15.0 Å². The summed E-state index contributed by atoms with van der Waals surface area (Å²) in [6.07, 6.45) is 1.09. The first-order valence-electron chi connectivity index (χ1n) is 8.10. The van der Waals surface area contributed by atoms with Gasteiger partial charge in [-0.25, -0.2) is 0 Å². The summed E-state index contributed by atoms with van der Waals surface area (Å²) < 4.78 is 0. The van der Waals surface area contributed by atoms with Gasteiger partial charge in [0.15, 0.2) is 0 Å². The standard InChI is InChI=1S/C20H24N3/c1-19(2,3)14-20(4,5)16-12-9-13-17-18(16)22-23(21-17)15-10-7-6-8-11-15/h6-10,12-13H,14H2,1-5H3. The van der Waals surface area contributed by atoms with Crippen molar-refractivity contribution in [1.82, 2.24) is 15.0 Å². The fraction of sp³-hybridized carbons (Fsp3) is 0.400. The molecule has 0 amide bonds. The highest BCUT2D eigenvalue weighted by atomic mass is 15.5. The zero-order valence-electron chi connectivity index (χ0n) is 14.6. The zero-order valence-corrected chi connectivity index (χ0v) is 14.6. The third-order valence-corrected chi connectivity index (χ3v) is 4.02. The summed E-state index contributed by atoms with van der Waals surface area (Å²) in [5.41, 5.74) is 4.34. The van der Waals surface area contributed by atoms with E-state index < -0.39 is 0 Å². The Morgan fingerprint density at radius 3 is 2.39 bits per heavy atom. The molecular weight excluding hydrogens is 282 g/mol. The first-order chi connectivity index (χ1) is 10.8. The van der Waals surface area contributed by atoms with Crippen LogP contribution in [0.3, 0.4) is 0 Å². The third kappa shape index (κ3) is 3.29. The molecule has 3 rings (SSSR count). The molecule has 1 aromatic heterocycles. The lowest BCUT2D eigenvalue weighted by molar-refractivity contribution is 0.285. The van der Waals surface area contributed by atoms with Crippen LogP contribution in [0.1, 0.15) is 46.6 Å². The van der Waals surface area contributed by atoms with Crippen LogP contribution in [-0.4, -0.2) is 15.0 Å². The predicted octanol–water partition coefficient (Wildman–Crippen LogP) is 4.93. The molecule has 0 aliphatic carbocycles. The topological polar surface area (TPSA) is 30.7 Å². The van der Waals surface area contributed by atoms with Gasteiger partial charge in [0.05, 0.1) is 5.69 Å². The van der Waals surface area contributed by atoms with Crippen LogP contribution in [0.2, 0.25) is 0 Å². The molecule has 2 aromatic carbocycles. The monoisotopic (exact) mass is 306 g/mol. The van der Waals surface area contributed by atoms with Crippen LogP contribution >= 0.6 is 0 Å². The van der Waals surface area contributed by atoms with Crippen LogP contribution in [-0.2, 0) is 5.41 Å². The van der Waals surface area contributed by atoms with E-state index in [0.29, 0.717) is 0 Å². The van der Waals surface area contributed by atoms with E-state index in [1.54, 1.807) is 4.80 Å². The van der Waals surface area contributed by atoms with E-state index in [4.69, 9.17) is 5.10 Å². The number of aromatic nitrogens is 3. The van der Waals surface area contributed by atoms with Crippen molar-refractivity contribution >= 4 is 11.0 Å². The van der Waals surface area contributed by atoms with Crippen molar-refractivity contribution in [2.45, 2.75) is 46.5 Å². The highest BCUT2D eigenvalue weighted by Gasteiger charge is 2.29.